The lowest BCUT2D eigenvalue weighted by Crippen LogP contribution is -2.28. The lowest BCUT2D eigenvalue weighted by atomic mass is 10.1. The predicted molar refractivity (Wildman–Crippen MR) is 201 cm³/mol. The summed E-state index contributed by atoms with van der Waals surface area (Å²) in [5.74, 6) is 0.625. The van der Waals surface area contributed by atoms with E-state index in [1.54, 1.807) is 0 Å². The number of halogens is 2. The molecule has 0 saturated carbocycles. The highest BCUT2D eigenvalue weighted by molar-refractivity contribution is 6.31. The van der Waals surface area contributed by atoms with Crippen LogP contribution in [0.5, 0.6) is 0 Å². The molecule has 6 heteroatoms. The minimum Gasteiger partial charge on any atom is -0.341 e. The number of hydrogen-bond acceptors (Lipinski definition) is 4. The Morgan fingerprint density at radius 2 is 0.689 bits per heavy atom. The lowest BCUT2D eigenvalue weighted by molar-refractivity contribution is 0.564. The van der Waals surface area contributed by atoms with E-state index < -0.39 is 0 Å². The molecular weight excluding hydrogens is 595 g/mol. The van der Waals surface area contributed by atoms with Gasteiger partial charge in [0.2, 0.25) is 16.5 Å². The van der Waals surface area contributed by atoms with Crippen LogP contribution < -0.4 is 4.90 Å². The van der Waals surface area contributed by atoms with Gasteiger partial charge in [0.05, 0.1) is 0 Å². The van der Waals surface area contributed by atoms with Gasteiger partial charge in [0, 0.05) is 13.1 Å². The van der Waals surface area contributed by atoms with E-state index in [0.29, 0.717) is 5.95 Å². The largest absolute Gasteiger partial charge is 0.341 e. The van der Waals surface area contributed by atoms with Crippen molar-refractivity contribution in [3.05, 3.63) is 34.9 Å². The average Bonchev–Trinajstić information content (AvgIpc) is 3.02. The van der Waals surface area contributed by atoms with Gasteiger partial charge >= 0.3 is 0 Å². The monoisotopic (exact) mass is 664 g/mol. The molecule has 0 saturated heterocycles. The third-order valence-electron chi connectivity index (χ3n) is 8.73. The van der Waals surface area contributed by atoms with E-state index in [1.807, 2.05) is 0 Å². The first kappa shape index (κ1) is 41.9. The molecule has 1 aromatic heterocycles. The van der Waals surface area contributed by atoms with E-state index in [0.717, 1.165) is 25.9 Å². The molecule has 0 fully saturated rings. The molecular formula is C39H70Cl2N4. The van der Waals surface area contributed by atoms with Crippen LogP contribution in [0.2, 0.25) is 10.6 Å². The molecule has 45 heavy (non-hydrogen) atoms. The maximum atomic E-state index is 6.12. The molecule has 1 aromatic rings. The number of nitrogens with zero attached hydrogens (tertiary/aromatic N) is 4. The Labute approximate surface area is 289 Å². The summed E-state index contributed by atoms with van der Waals surface area (Å²) in [6.07, 6.45) is 46.6. The SMILES string of the molecule is CCCCCCCCC=CCCCCCCCCN(CCCCCCCCC=CCCCCCCCC)c1nc(Cl)nc(Cl)n1. The summed E-state index contributed by atoms with van der Waals surface area (Å²) in [5, 5.41) is 0.356. The molecule has 0 amide bonds. The molecule has 0 radical (unpaired) electrons. The van der Waals surface area contributed by atoms with Crippen LogP contribution in [0.3, 0.4) is 0 Å². The second kappa shape index (κ2) is 32.8. The summed E-state index contributed by atoms with van der Waals surface area (Å²) < 4.78 is 0. The van der Waals surface area contributed by atoms with E-state index in [4.69, 9.17) is 23.2 Å². The van der Waals surface area contributed by atoms with E-state index in [9.17, 15) is 0 Å². The summed E-state index contributed by atoms with van der Waals surface area (Å²) in [5.41, 5.74) is 0. The minimum absolute atomic E-state index is 0.178. The van der Waals surface area contributed by atoms with Gasteiger partial charge in [-0.3, -0.25) is 0 Å². The molecule has 1 heterocycles. The zero-order valence-electron chi connectivity index (χ0n) is 29.6. The molecule has 0 aromatic carbocycles. The van der Waals surface area contributed by atoms with Crippen molar-refractivity contribution in [1.82, 2.24) is 15.0 Å². The van der Waals surface area contributed by atoms with Crippen LogP contribution in [-0.2, 0) is 0 Å². The van der Waals surface area contributed by atoms with Crippen molar-refractivity contribution in [3.8, 4) is 0 Å². The van der Waals surface area contributed by atoms with Gasteiger partial charge in [0.25, 0.3) is 0 Å². The Hall–Kier alpha value is -1.13. The number of anilines is 1. The van der Waals surface area contributed by atoms with Crippen LogP contribution in [0.4, 0.5) is 5.95 Å². The molecule has 0 N–H and O–H groups in total. The summed E-state index contributed by atoms with van der Waals surface area (Å²) in [4.78, 5) is 15.0. The van der Waals surface area contributed by atoms with Gasteiger partial charge in [-0.25, -0.2) is 0 Å². The molecule has 0 unspecified atom stereocenters. The molecule has 0 aliphatic carbocycles. The first-order chi connectivity index (χ1) is 22.2. The van der Waals surface area contributed by atoms with Crippen LogP contribution in [0.15, 0.2) is 24.3 Å². The van der Waals surface area contributed by atoms with Crippen LogP contribution in [-0.4, -0.2) is 28.0 Å². The van der Waals surface area contributed by atoms with Crippen molar-refractivity contribution in [2.75, 3.05) is 18.0 Å². The lowest BCUT2D eigenvalue weighted by Gasteiger charge is -2.22. The number of unbranched alkanes of at least 4 members (excludes halogenated alkanes) is 24. The second-order valence-electron chi connectivity index (χ2n) is 13.0. The number of allylic oxidation sites excluding steroid dienone is 4. The fourth-order valence-corrected chi connectivity index (χ4v) is 6.22. The van der Waals surface area contributed by atoms with Crippen molar-refractivity contribution < 1.29 is 0 Å². The Morgan fingerprint density at radius 3 is 1.02 bits per heavy atom. The minimum atomic E-state index is 0.178. The van der Waals surface area contributed by atoms with E-state index in [2.05, 4.69) is 58.0 Å². The summed E-state index contributed by atoms with van der Waals surface area (Å²) in [6.45, 7) is 6.46. The topological polar surface area (TPSA) is 41.9 Å². The van der Waals surface area contributed by atoms with Gasteiger partial charge in [0.15, 0.2) is 0 Å². The Bertz CT molecular complexity index is 767. The fourth-order valence-electron chi connectivity index (χ4n) is 5.87. The standard InChI is InChI=1S/C39H70Cl2N4/c1-3-5-7-9-11-13-15-17-19-21-23-25-27-29-31-33-35-45(39-43-37(40)42-38(41)44-39)36-34-32-30-28-26-24-22-20-18-16-14-12-10-8-6-4-2/h17-20H,3-16,21-36H2,1-2H3. The molecule has 4 nitrogen and oxygen atoms in total. The van der Waals surface area contributed by atoms with E-state index >= 15 is 0 Å². The smallest absolute Gasteiger partial charge is 0.230 e. The molecule has 0 atom stereocenters. The molecule has 1 rings (SSSR count). The Morgan fingerprint density at radius 1 is 0.400 bits per heavy atom. The maximum absolute atomic E-state index is 6.12. The summed E-state index contributed by atoms with van der Waals surface area (Å²) in [6, 6.07) is 0. The number of hydrogen-bond donors (Lipinski definition) is 0. The second-order valence-corrected chi connectivity index (χ2v) is 13.7. The van der Waals surface area contributed by atoms with E-state index in [1.165, 1.54) is 167 Å². The van der Waals surface area contributed by atoms with Crippen molar-refractivity contribution in [2.24, 2.45) is 0 Å². The zero-order chi connectivity index (χ0) is 32.5. The molecule has 0 spiro atoms. The maximum Gasteiger partial charge on any atom is 0.230 e. The Balaban J connectivity index is 2.12. The number of aromatic nitrogens is 3. The highest BCUT2D eigenvalue weighted by atomic mass is 35.5. The first-order valence-corrected chi connectivity index (χ1v) is 20.0. The normalized spacial score (nSPS) is 11.8. The third kappa shape index (κ3) is 27.7. The molecule has 260 valence electrons. The van der Waals surface area contributed by atoms with Gasteiger partial charge in [-0.2, -0.15) is 15.0 Å². The van der Waals surface area contributed by atoms with Crippen molar-refractivity contribution in [3.63, 3.8) is 0 Å². The van der Waals surface area contributed by atoms with Gasteiger partial charge in [0.1, 0.15) is 0 Å². The van der Waals surface area contributed by atoms with Crippen molar-refractivity contribution >= 4 is 29.2 Å². The summed E-state index contributed by atoms with van der Waals surface area (Å²) in [7, 11) is 0. The predicted octanol–water partition coefficient (Wildman–Crippen LogP) is 14.1. The van der Waals surface area contributed by atoms with Gasteiger partial charge in [-0.1, -0.05) is 154 Å². The molecule has 0 aliphatic heterocycles. The fraction of sp³-hybridized carbons (Fsp3) is 0.821. The van der Waals surface area contributed by atoms with Crippen LogP contribution in [0.25, 0.3) is 0 Å². The first-order valence-electron chi connectivity index (χ1n) is 19.3. The number of rotatable bonds is 33. The van der Waals surface area contributed by atoms with Crippen molar-refractivity contribution in [2.45, 2.75) is 194 Å². The zero-order valence-corrected chi connectivity index (χ0v) is 31.1. The highest BCUT2D eigenvalue weighted by Crippen LogP contribution is 2.18. The highest BCUT2D eigenvalue weighted by Gasteiger charge is 2.12. The van der Waals surface area contributed by atoms with Crippen molar-refractivity contribution in [1.29, 1.82) is 0 Å². The third-order valence-corrected chi connectivity index (χ3v) is 9.07. The van der Waals surface area contributed by atoms with E-state index in [-0.39, 0.29) is 10.6 Å². The molecule has 0 aliphatic rings. The Kier molecular flexibility index (Phi) is 30.5. The quantitative estimate of drug-likeness (QED) is 0.0553. The summed E-state index contributed by atoms with van der Waals surface area (Å²) >= 11 is 12.2. The van der Waals surface area contributed by atoms with Gasteiger partial charge < -0.3 is 4.90 Å². The van der Waals surface area contributed by atoms with Crippen LogP contribution >= 0.6 is 23.2 Å². The van der Waals surface area contributed by atoms with Crippen LogP contribution in [0.1, 0.15) is 194 Å². The molecule has 0 bridgehead atoms. The van der Waals surface area contributed by atoms with Gasteiger partial charge in [-0.05, 0) is 87.4 Å². The van der Waals surface area contributed by atoms with Crippen LogP contribution in [0, 0.1) is 0 Å². The van der Waals surface area contributed by atoms with Gasteiger partial charge in [-0.15, -0.1) is 0 Å². The average molecular weight is 666 g/mol.